The Labute approximate surface area is 96.1 Å². The summed E-state index contributed by atoms with van der Waals surface area (Å²) in [5, 5.41) is 11.4. The molecule has 2 amide bonds. The first-order chi connectivity index (χ1) is 7.52. The van der Waals surface area contributed by atoms with E-state index in [4.69, 9.17) is 5.11 Å². The highest BCUT2D eigenvalue weighted by Crippen LogP contribution is 2.03. The molecule has 0 aliphatic rings. The number of nitrogens with one attached hydrogen (secondary N) is 1. The largest absolute Gasteiger partial charge is 0.480 e. The molecule has 0 heterocycles. The molecule has 5 heteroatoms. The number of carboxylic acids is 1. The summed E-state index contributed by atoms with van der Waals surface area (Å²) in [5.41, 5.74) is 0. The fourth-order valence-electron chi connectivity index (χ4n) is 1.18. The van der Waals surface area contributed by atoms with Crippen LogP contribution in [0.4, 0.5) is 4.79 Å². The molecule has 0 rings (SSSR count). The average molecular weight is 228 g/mol. The maximum Gasteiger partial charge on any atom is 0.323 e. The van der Waals surface area contributed by atoms with E-state index in [9.17, 15) is 9.59 Å². The summed E-state index contributed by atoms with van der Waals surface area (Å²) in [5.74, 6) is -1.00. The Hall–Kier alpha value is -1.52. The SMILES string of the molecule is C=CCCNC(=O)N(CC(=O)O)C(C)CC. The molecule has 5 nitrogen and oxygen atoms in total. The molecule has 0 spiro atoms. The van der Waals surface area contributed by atoms with E-state index in [1.807, 2.05) is 13.8 Å². The fourth-order valence-corrected chi connectivity index (χ4v) is 1.18. The van der Waals surface area contributed by atoms with Gasteiger partial charge in [0.1, 0.15) is 6.54 Å². The highest BCUT2D eigenvalue weighted by molar-refractivity contribution is 5.80. The number of nitrogens with zero attached hydrogens (tertiary/aromatic N) is 1. The number of carbonyl (C=O) groups is 2. The smallest absolute Gasteiger partial charge is 0.323 e. The summed E-state index contributed by atoms with van der Waals surface area (Å²) in [6, 6.07) is -0.418. The van der Waals surface area contributed by atoms with Crippen molar-refractivity contribution in [2.24, 2.45) is 0 Å². The minimum atomic E-state index is -1.00. The van der Waals surface area contributed by atoms with Crippen molar-refractivity contribution in [2.75, 3.05) is 13.1 Å². The topological polar surface area (TPSA) is 69.6 Å². The van der Waals surface area contributed by atoms with Crippen LogP contribution in [0.2, 0.25) is 0 Å². The van der Waals surface area contributed by atoms with Crippen LogP contribution >= 0.6 is 0 Å². The molecule has 0 aromatic heterocycles. The van der Waals surface area contributed by atoms with Crippen molar-refractivity contribution in [3.05, 3.63) is 12.7 Å². The van der Waals surface area contributed by atoms with Gasteiger partial charge in [-0.2, -0.15) is 0 Å². The lowest BCUT2D eigenvalue weighted by Crippen LogP contribution is -2.47. The van der Waals surface area contributed by atoms with Gasteiger partial charge >= 0.3 is 12.0 Å². The van der Waals surface area contributed by atoms with Gasteiger partial charge in [-0.05, 0) is 19.8 Å². The Balaban J connectivity index is 4.31. The lowest BCUT2D eigenvalue weighted by molar-refractivity contribution is -0.138. The summed E-state index contributed by atoms with van der Waals surface area (Å²) in [6.07, 6.45) is 3.10. The summed E-state index contributed by atoms with van der Waals surface area (Å²) in [7, 11) is 0. The molecule has 0 aromatic carbocycles. The van der Waals surface area contributed by atoms with Gasteiger partial charge < -0.3 is 15.3 Å². The van der Waals surface area contributed by atoms with E-state index >= 15 is 0 Å². The lowest BCUT2D eigenvalue weighted by Gasteiger charge is -2.26. The van der Waals surface area contributed by atoms with E-state index in [0.717, 1.165) is 6.42 Å². The zero-order valence-corrected chi connectivity index (χ0v) is 9.90. The lowest BCUT2D eigenvalue weighted by atomic mass is 10.2. The molecule has 0 bridgehead atoms. The van der Waals surface area contributed by atoms with Gasteiger partial charge in [-0.1, -0.05) is 13.0 Å². The predicted octanol–water partition coefficient (Wildman–Crippen LogP) is 1.46. The van der Waals surface area contributed by atoms with E-state index in [2.05, 4.69) is 11.9 Å². The Morgan fingerprint density at radius 2 is 2.19 bits per heavy atom. The number of aliphatic carboxylic acids is 1. The minimum absolute atomic E-state index is 0.0835. The first kappa shape index (κ1) is 14.5. The van der Waals surface area contributed by atoms with E-state index in [1.54, 1.807) is 6.08 Å². The van der Waals surface area contributed by atoms with E-state index in [1.165, 1.54) is 4.90 Å². The van der Waals surface area contributed by atoms with E-state index < -0.39 is 5.97 Å². The highest BCUT2D eigenvalue weighted by atomic mass is 16.4. The van der Waals surface area contributed by atoms with Gasteiger partial charge in [-0.3, -0.25) is 4.79 Å². The molecule has 16 heavy (non-hydrogen) atoms. The molecule has 0 aliphatic carbocycles. The van der Waals surface area contributed by atoms with Crippen LogP contribution in [0, 0.1) is 0 Å². The Bertz CT molecular complexity index is 254. The van der Waals surface area contributed by atoms with Gasteiger partial charge in [0, 0.05) is 12.6 Å². The van der Waals surface area contributed by atoms with Crippen LogP contribution in [-0.2, 0) is 4.79 Å². The van der Waals surface area contributed by atoms with E-state index in [-0.39, 0.29) is 18.6 Å². The van der Waals surface area contributed by atoms with Crippen LogP contribution < -0.4 is 5.32 Å². The number of amides is 2. The second kappa shape index (κ2) is 7.73. The number of rotatable bonds is 7. The minimum Gasteiger partial charge on any atom is -0.480 e. The molecular weight excluding hydrogens is 208 g/mol. The number of carboxylic acid groups (broad SMARTS) is 1. The first-order valence-electron chi connectivity index (χ1n) is 5.40. The van der Waals surface area contributed by atoms with Crippen molar-refractivity contribution in [3.8, 4) is 0 Å². The van der Waals surface area contributed by atoms with Gasteiger partial charge in [0.2, 0.25) is 0 Å². The van der Waals surface area contributed by atoms with Crippen LogP contribution in [0.25, 0.3) is 0 Å². The van der Waals surface area contributed by atoms with Crippen LogP contribution in [0.1, 0.15) is 26.7 Å². The third kappa shape index (κ3) is 5.38. The molecule has 0 saturated heterocycles. The number of hydrogen-bond donors (Lipinski definition) is 2. The van der Waals surface area contributed by atoms with Crippen LogP contribution in [0.15, 0.2) is 12.7 Å². The zero-order valence-electron chi connectivity index (χ0n) is 9.90. The molecule has 92 valence electrons. The number of urea groups is 1. The summed E-state index contributed by atoms with van der Waals surface area (Å²) < 4.78 is 0. The van der Waals surface area contributed by atoms with Crippen molar-refractivity contribution < 1.29 is 14.7 Å². The van der Waals surface area contributed by atoms with Crippen LogP contribution in [0.5, 0.6) is 0 Å². The van der Waals surface area contributed by atoms with E-state index in [0.29, 0.717) is 13.0 Å². The van der Waals surface area contributed by atoms with Gasteiger partial charge in [0.25, 0.3) is 0 Å². The standard InChI is InChI=1S/C11H20N2O3/c1-4-6-7-12-11(16)13(8-10(14)15)9(3)5-2/h4,9H,1,5-8H2,2-3H3,(H,12,16)(H,14,15). The molecule has 0 fully saturated rings. The molecule has 0 radical (unpaired) electrons. The molecule has 1 unspecified atom stereocenters. The van der Waals surface area contributed by atoms with Gasteiger partial charge in [0.15, 0.2) is 0 Å². The fraction of sp³-hybridized carbons (Fsp3) is 0.636. The molecular formula is C11H20N2O3. The quantitative estimate of drug-likeness (QED) is 0.512. The van der Waals surface area contributed by atoms with Gasteiger partial charge in [-0.15, -0.1) is 6.58 Å². The van der Waals surface area contributed by atoms with Crippen molar-refractivity contribution in [1.29, 1.82) is 0 Å². The normalized spacial score (nSPS) is 11.6. The number of hydrogen-bond acceptors (Lipinski definition) is 2. The molecule has 0 aromatic rings. The van der Waals surface area contributed by atoms with Crippen molar-refractivity contribution in [2.45, 2.75) is 32.7 Å². The highest BCUT2D eigenvalue weighted by Gasteiger charge is 2.20. The van der Waals surface area contributed by atoms with Gasteiger partial charge in [-0.25, -0.2) is 4.79 Å². The molecule has 0 aliphatic heterocycles. The maximum atomic E-state index is 11.7. The molecule has 0 saturated carbocycles. The summed E-state index contributed by atoms with van der Waals surface area (Å²) in [6.45, 7) is 7.50. The second-order valence-electron chi connectivity index (χ2n) is 3.59. The number of carbonyl (C=O) groups excluding carboxylic acids is 1. The van der Waals surface area contributed by atoms with Crippen LogP contribution in [0.3, 0.4) is 0 Å². The molecule has 1 atom stereocenters. The average Bonchev–Trinajstić information content (AvgIpc) is 2.24. The first-order valence-corrected chi connectivity index (χ1v) is 5.40. The Morgan fingerprint density at radius 1 is 1.56 bits per heavy atom. The Morgan fingerprint density at radius 3 is 2.62 bits per heavy atom. The van der Waals surface area contributed by atoms with Crippen molar-refractivity contribution in [1.82, 2.24) is 10.2 Å². The summed E-state index contributed by atoms with van der Waals surface area (Å²) in [4.78, 5) is 23.6. The third-order valence-electron chi connectivity index (χ3n) is 2.31. The summed E-state index contributed by atoms with van der Waals surface area (Å²) >= 11 is 0. The van der Waals surface area contributed by atoms with Gasteiger partial charge in [0.05, 0.1) is 0 Å². The Kier molecular flexibility index (Phi) is 7.00. The van der Waals surface area contributed by atoms with Crippen LogP contribution in [-0.4, -0.2) is 41.1 Å². The van der Waals surface area contributed by atoms with Crippen molar-refractivity contribution >= 4 is 12.0 Å². The zero-order chi connectivity index (χ0) is 12.6. The second-order valence-corrected chi connectivity index (χ2v) is 3.59. The molecule has 2 N–H and O–H groups in total. The maximum absolute atomic E-state index is 11.7. The third-order valence-corrected chi connectivity index (χ3v) is 2.31. The monoisotopic (exact) mass is 228 g/mol. The predicted molar refractivity (Wildman–Crippen MR) is 62.3 cm³/mol. The van der Waals surface area contributed by atoms with Crippen molar-refractivity contribution in [3.63, 3.8) is 0 Å².